The van der Waals surface area contributed by atoms with Crippen LogP contribution in [0.4, 0.5) is 18.9 Å². The maximum absolute atomic E-state index is 13.5. The summed E-state index contributed by atoms with van der Waals surface area (Å²) in [6.07, 6.45) is -3.88. The molecule has 0 saturated carbocycles. The van der Waals surface area contributed by atoms with E-state index in [1.54, 1.807) is 13.0 Å². The van der Waals surface area contributed by atoms with E-state index in [0.29, 0.717) is 22.0 Å². The highest BCUT2D eigenvalue weighted by molar-refractivity contribution is 7.92. The van der Waals surface area contributed by atoms with Crippen LogP contribution < -0.4 is 9.62 Å². The molecule has 2 amide bonds. The van der Waals surface area contributed by atoms with Gasteiger partial charge in [-0.3, -0.25) is 13.9 Å². The predicted octanol–water partition coefficient (Wildman–Crippen LogP) is 4.99. The molecule has 198 valence electrons. The summed E-state index contributed by atoms with van der Waals surface area (Å²) in [4.78, 5) is 27.1. The zero-order chi connectivity index (χ0) is 27.4. The van der Waals surface area contributed by atoms with Gasteiger partial charge in [0, 0.05) is 13.6 Å². The number of carbonyl (C=O) groups is 2. The fourth-order valence-electron chi connectivity index (χ4n) is 3.40. The number of rotatable bonds is 9. The van der Waals surface area contributed by atoms with Crippen LogP contribution in [0.1, 0.15) is 24.5 Å². The van der Waals surface area contributed by atoms with Crippen molar-refractivity contribution in [2.75, 3.05) is 24.2 Å². The van der Waals surface area contributed by atoms with E-state index < -0.39 is 51.9 Å². The van der Waals surface area contributed by atoms with Crippen LogP contribution in [0.3, 0.4) is 0 Å². The first-order chi connectivity index (χ1) is 16.6. The molecule has 0 aliphatic rings. The number of anilines is 1. The number of likely N-dealkylation sites (N-methyl/N-ethyl adjacent to an activating group) is 1. The number of halogens is 6. The highest BCUT2D eigenvalue weighted by Gasteiger charge is 2.35. The van der Waals surface area contributed by atoms with E-state index in [-0.39, 0.29) is 28.0 Å². The highest BCUT2D eigenvalue weighted by atomic mass is 35.5. The summed E-state index contributed by atoms with van der Waals surface area (Å²) in [6, 6.07) is 5.68. The van der Waals surface area contributed by atoms with Gasteiger partial charge >= 0.3 is 6.18 Å². The van der Waals surface area contributed by atoms with Crippen LogP contribution in [0.2, 0.25) is 15.1 Å². The summed E-state index contributed by atoms with van der Waals surface area (Å²) in [5.41, 5.74) is -1.18. The number of hydrogen-bond donors (Lipinski definition) is 1. The third kappa shape index (κ3) is 7.41. The normalized spacial score (nSPS) is 12.7. The van der Waals surface area contributed by atoms with E-state index >= 15 is 0 Å². The van der Waals surface area contributed by atoms with Gasteiger partial charge in [0.25, 0.3) is 0 Å². The molecule has 0 saturated heterocycles. The molecule has 1 N–H and O–H groups in total. The monoisotopic (exact) mass is 587 g/mol. The van der Waals surface area contributed by atoms with E-state index in [9.17, 15) is 31.2 Å². The fourth-order valence-corrected chi connectivity index (χ4v) is 4.84. The lowest BCUT2D eigenvalue weighted by Crippen LogP contribution is -2.51. The average molecular weight is 589 g/mol. The summed E-state index contributed by atoms with van der Waals surface area (Å²) in [5.74, 6) is -1.37. The number of hydrogen-bond acceptors (Lipinski definition) is 4. The molecule has 2 aromatic rings. The van der Waals surface area contributed by atoms with Crippen LogP contribution in [0.5, 0.6) is 0 Å². The van der Waals surface area contributed by atoms with Gasteiger partial charge in [0.15, 0.2) is 0 Å². The zero-order valence-electron chi connectivity index (χ0n) is 19.4. The molecule has 0 bridgehead atoms. The maximum atomic E-state index is 13.5. The summed E-state index contributed by atoms with van der Waals surface area (Å²) >= 11 is 18.1. The number of sulfonamides is 1. The lowest BCUT2D eigenvalue weighted by molar-refractivity contribution is -0.140. The third-order valence-corrected chi connectivity index (χ3v) is 7.38. The summed E-state index contributed by atoms with van der Waals surface area (Å²) < 4.78 is 65.5. The quantitative estimate of drug-likeness (QED) is 0.448. The molecule has 0 heterocycles. The first-order valence-electron chi connectivity index (χ1n) is 10.4. The zero-order valence-corrected chi connectivity index (χ0v) is 22.5. The molecule has 7 nitrogen and oxygen atoms in total. The molecule has 0 aliphatic carbocycles. The number of alkyl halides is 3. The van der Waals surface area contributed by atoms with Crippen LogP contribution in [0.15, 0.2) is 36.4 Å². The molecule has 36 heavy (non-hydrogen) atoms. The van der Waals surface area contributed by atoms with Crippen molar-refractivity contribution in [2.45, 2.75) is 32.1 Å². The maximum Gasteiger partial charge on any atom is 0.416 e. The van der Waals surface area contributed by atoms with Crippen molar-refractivity contribution in [3.63, 3.8) is 0 Å². The Labute approximate surface area is 222 Å². The van der Waals surface area contributed by atoms with Gasteiger partial charge in [-0.05, 0) is 42.3 Å². The fraction of sp³-hybridized carbons (Fsp3) is 0.364. The topological polar surface area (TPSA) is 86.8 Å². The van der Waals surface area contributed by atoms with Gasteiger partial charge in [0.1, 0.15) is 12.6 Å². The molecule has 0 aromatic heterocycles. The standard InChI is InChI=1S/C22H23Cl3F3N3O4S/c1-4-18(21(33)29-2)30(11-13-5-7-15(23)17(25)9-13)20(32)12-31(36(3,34)35)19-10-14(22(26,27)28)6-8-16(19)24/h5-10,18H,4,11-12H2,1-3H3,(H,29,33)/t18-/m0/s1. The number of nitrogens with one attached hydrogen (secondary N) is 1. The van der Waals surface area contributed by atoms with Gasteiger partial charge in [-0.2, -0.15) is 13.2 Å². The second kappa shape index (κ2) is 11.9. The molecule has 0 radical (unpaired) electrons. The Bertz CT molecular complexity index is 1240. The van der Waals surface area contributed by atoms with Gasteiger partial charge in [-0.15, -0.1) is 0 Å². The van der Waals surface area contributed by atoms with E-state index in [2.05, 4.69) is 5.32 Å². The summed E-state index contributed by atoms with van der Waals surface area (Å²) in [7, 11) is -2.91. The van der Waals surface area contributed by atoms with Gasteiger partial charge < -0.3 is 10.2 Å². The van der Waals surface area contributed by atoms with Crippen molar-refractivity contribution in [2.24, 2.45) is 0 Å². The number of amides is 2. The lowest BCUT2D eigenvalue weighted by Gasteiger charge is -2.33. The van der Waals surface area contributed by atoms with Crippen molar-refractivity contribution in [3.05, 3.63) is 62.6 Å². The number of carbonyl (C=O) groups excluding carboxylic acids is 2. The van der Waals surface area contributed by atoms with Crippen LogP contribution in [-0.4, -0.2) is 51.0 Å². The molecule has 1 atom stereocenters. The molecule has 2 rings (SSSR count). The van der Waals surface area contributed by atoms with Gasteiger partial charge in [0.2, 0.25) is 21.8 Å². The average Bonchev–Trinajstić information content (AvgIpc) is 2.78. The van der Waals surface area contributed by atoms with Gasteiger partial charge in [-0.1, -0.05) is 47.8 Å². The number of nitrogens with zero attached hydrogens (tertiary/aromatic N) is 2. The summed E-state index contributed by atoms with van der Waals surface area (Å²) in [6.45, 7) is 0.581. The van der Waals surface area contributed by atoms with E-state index in [0.717, 1.165) is 17.2 Å². The Balaban J connectivity index is 2.55. The highest BCUT2D eigenvalue weighted by Crippen LogP contribution is 2.36. The van der Waals surface area contributed by atoms with E-state index in [1.165, 1.54) is 19.2 Å². The summed E-state index contributed by atoms with van der Waals surface area (Å²) in [5, 5.41) is 2.60. The smallest absolute Gasteiger partial charge is 0.357 e. The second-order valence-electron chi connectivity index (χ2n) is 7.74. The van der Waals surface area contributed by atoms with Crippen molar-refractivity contribution in [1.82, 2.24) is 10.2 Å². The minimum atomic E-state index is -4.78. The Morgan fingerprint density at radius 2 is 1.64 bits per heavy atom. The van der Waals surface area contributed by atoms with Crippen molar-refractivity contribution in [3.8, 4) is 0 Å². The Hall–Kier alpha value is -2.21. The molecule has 2 aromatic carbocycles. The minimum absolute atomic E-state index is 0.157. The van der Waals surface area contributed by atoms with Crippen LogP contribution >= 0.6 is 34.8 Å². The number of benzene rings is 2. The SMILES string of the molecule is CC[C@@H](C(=O)NC)N(Cc1ccc(Cl)c(Cl)c1)C(=O)CN(c1cc(C(F)(F)F)ccc1Cl)S(C)(=O)=O. The van der Waals surface area contributed by atoms with Crippen LogP contribution in [0.25, 0.3) is 0 Å². The van der Waals surface area contributed by atoms with Gasteiger partial charge in [-0.25, -0.2) is 8.42 Å². The molecule has 14 heteroatoms. The third-order valence-electron chi connectivity index (χ3n) is 5.19. The van der Waals surface area contributed by atoms with Gasteiger partial charge in [0.05, 0.1) is 32.6 Å². The van der Waals surface area contributed by atoms with Crippen LogP contribution in [-0.2, 0) is 32.3 Å². The van der Waals surface area contributed by atoms with E-state index in [1.807, 2.05) is 0 Å². The first kappa shape index (κ1) is 30.0. The molecular weight excluding hydrogens is 566 g/mol. The molecule has 0 unspecified atom stereocenters. The Morgan fingerprint density at radius 1 is 1.03 bits per heavy atom. The largest absolute Gasteiger partial charge is 0.416 e. The molecular formula is C22H23Cl3F3N3O4S. The van der Waals surface area contributed by atoms with E-state index in [4.69, 9.17) is 34.8 Å². The van der Waals surface area contributed by atoms with Crippen molar-refractivity contribution in [1.29, 1.82) is 0 Å². The Morgan fingerprint density at radius 3 is 2.14 bits per heavy atom. The first-order valence-corrected chi connectivity index (χ1v) is 13.4. The second-order valence-corrected chi connectivity index (χ2v) is 10.9. The van der Waals surface area contributed by atoms with Crippen molar-refractivity contribution >= 4 is 62.3 Å². The molecule has 0 fully saturated rings. The van der Waals surface area contributed by atoms with Crippen LogP contribution in [0, 0.1) is 0 Å². The molecule has 0 aliphatic heterocycles. The Kier molecular flexibility index (Phi) is 9.91. The predicted molar refractivity (Wildman–Crippen MR) is 134 cm³/mol. The van der Waals surface area contributed by atoms with Crippen molar-refractivity contribution < 1.29 is 31.2 Å². The lowest BCUT2D eigenvalue weighted by atomic mass is 10.1. The minimum Gasteiger partial charge on any atom is -0.357 e. The molecule has 0 spiro atoms.